The molecule has 0 saturated heterocycles. The van der Waals surface area contributed by atoms with Gasteiger partial charge in [-0.2, -0.15) is 0 Å². The summed E-state index contributed by atoms with van der Waals surface area (Å²) in [6.45, 7) is 6.97. The number of esters is 1. The van der Waals surface area contributed by atoms with Crippen LogP contribution in [0.5, 0.6) is 0 Å². The molecule has 0 aliphatic carbocycles. The lowest BCUT2D eigenvalue weighted by molar-refractivity contribution is -0.154. The fourth-order valence-electron chi connectivity index (χ4n) is 2.27. The highest BCUT2D eigenvalue weighted by atomic mass is 19.1. The van der Waals surface area contributed by atoms with Gasteiger partial charge in [-0.25, -0.2) is 4.39 Å². The number of carbonyl (C=O) groups excluding carboxylic acids is 1. The van der Waals surface area contributed by atoms with E-state index in [0.717, 1.165) is 24.2 Å². The van der Waals surface area contributed by atoms with Gasteiger partial charge in [-0.3, -0.25) is 4.79 Å². The zero-order chi connectivity index (χ0) is 14.0. The Labute approximate surface area is 113 Å². The van der Waals surface area contributed by atoms with Gasteiger partial charge >= 0.3 is 5.97 Å². The Morgan fingerprint density at radius 3 is 2.84 bits per heavy atom. The van der Waals surface area contributed by atoms with Crippen LogP contribution >= 0.6 is 0 Å². The number of ether oxygens (including phenoxy) is 1. The van der Waals surface area contributed by atoms with E-state index in [9.17, 15) is 9.18 Å². The summed E-state index contributed by atoms with van der Waals surface area (Å²) in [5.41, 5.74) is 1.60. The van der Waals surface area contributed by atoms with Crippen molar-refractivity contribution < 1.29 is 13.9 Å². The van der Waals surface area contributed by atoms with Gasteiger partial charge in [0, 0.05) is 18.8 Å². The summed E-state index contributed by atoms with van der Waals surface area (Å²) in [5.74, 6) is -0.444. The largest absolute Gasteiger partial charge is 0.460 e. The third-order valence-corrected chi connectivity index (χ3v) is 3.04. The maximum atomic E-state index is 13.2. The number of halogens is 1. The summed E-state index contributed by atoms with van der Waals surface area (Å²) in [6, 6.07) is 4.84. The van der Waals surface area contributed by atoms with Crippen LogP contribution in [0.25, 0.3) is 0 Å². The quantitative estimate of drug-likeness (QED) is 0.787. The Hall–Kier alpha value is -1.58. The summed E-state index contributed by atoms with van der Waals surface area (Å²) < 4.78 is 18.5. The Morgan fingerprint density at radius 1 is 1.42 bits per heavy atom. The molecule has 19 heavy (non-hydrogen) atoms. The first-order valence-electron chi connectivity index (χ1n) is 6.60. The highest BCUT2D eigenvalue weighted by Gasteiger charge is 2.22. The van der Waals surface area contributed by atoms with Gasteiger partial charge < -0.3 is 9.64 Å². The number of nitrogens with zero attached hydrogens (tertiary/aromatic N) is 1. The standard InChI is InChI=1S/C15H20FNO2/c1-15(2,3)19-14(18)7-9-17-8-6-11-4-5-12(16)10-13(11)17/h4-5,10H,6-9H2,1-3H3. The van der Waals surface area contributed by atoms with Gasteiger partial charge in [-0.1, -0.05) is 6.07 Å². The third-order valence-electron chi connectivity index (χ3n) is 3.04. The van der Waals surface area contributed by atoms with E-state index in [1.807, 2.05) is 31.7 Å². The van der Waals surface area contributed by atoms with E-state index in [1.54, 1.807) is 0 Å². The zero-order valence-corrected chi connectivity index (χ0v) is 11.7. The molecule has 0 saturated carbocycles. The molecule has 0 spiro atoms. The Morgan fingerprint density at radius 2 is 2.16 bits per heavy atom. The smallest absolute Gasteiger partial charge is 0.308 e. The average Bonchev–Trinajstić information content (AvgIpc) is 2.66. The van der Waals surface area contributed by atoms with Crippen molar-refractivity contribution in [3.8, 4) is 0 Å². The fourth-order valence-corrected chi connectivity index (χ4v) is 2.27. The molecule has 104 valence electrons. The van der Waals surface area contributed by atoms with Crippen LogP contribution in [0.4, 0.5) is 10.1 Å². The first-order valence-corrected chi connectivity index (χ1v) is 6.60. The van der Waals surface area contributed by atoms with E-state index >= 15 is 0 Å². The predicted molar refractivity (Wildman–Crippen MR) is 72.8 cm³/mol. The molecule has 2 rings (SSSR count). The number of fused-ring (bicyclic) bond motifs is 1. The monoisotopic (exact) mass is 265 g/mol. The van der Waals surface area contributed by atoms with Crippen LogP contribution in [-0.2, 0) is 16.0 Å². The molecule has 0 atom stereocenters. The van der Waals surface area contributed by atoms with Crippen LogP contribution < -0.4 is 4.90 Å². The molecule has 0 radical (unpaired) electrons. The minimum Gasteiger partial charge on any atom is -0.460 e. The lowest BCUT2D eigenvalue weighted by atomic mass is 10.1. The minimum atomic E-state index is -0.452. The zero-order valence-electron chi connectivity index (χ0n) is 11.7. The molecule has 1 heterocycles. The molecule has 4 heteroatoms. The van der Waals surface area contributed by atoms with Crippen molar-refractivity contribution in [1.82, 2.24) is 0 Å². The van der Waals surface area contributed by atoms with Gasteiger partial charge in [0.15, 0.2) is 0 Å². The van der Waals surface area contributed by atoms with Crippen molar-refractivity contribution in [3.63, 3.8) is 0 Å². The molecule has 0 bridgehead atoms. The van der Waals surface area contributed by atoms with Crippen molar-refractivity contribution >= 4 is 11.7 Å². The SMILES string of the molecule is CC(C)(C)OC(=O)CCN1CCc2ccc(F)cc21. The van der Waals surface area contributed by atoms with Gasteiger partial charge in [-0.05, 0) is 44.9 Å². The molecule has 0 unspecified atom stereocenters. The van der Waals surface area contributed by atoms with Crippen LogP contribution in [-0.4, -0.2) is 24.7 Å². The van der Waals surface area contributed by atoms with Crippen LogP contribution in [0, 0.1) is 5.82 Å². The van der Waals surface area contributed by atoms with E-state index in [-0.39, 0.29) is 11.8 Å². The van der Waals surface area contributed by atoms with E-state index in [1.165, 1.54) is 12.1 Å². The number of anilines is 1. The molecule has 1 aliphatic rings. The van der Waals surface area contributed by atoms with Gasteiger partial charge in [0.1, 0.15) is 11.4 Å². The van der Waals surface area contributed by atoms with Crippen LogP contribution in [0.15, 0.2) is 18.2 Å². The molecule has 1 aromatic rings. The second-order valence-corrected chi connectivity index (χ2v) is 5.85. The fraction of sp³-hybridized carbons (Fsp3) is 0.533. The lowest BCUT2D eigenvalue weighted by Gasteiger charge is -2.22. The average molecular weight is 265 g/mol. The maximum absolute atomic E-state index is 13.2. The number of rotatable bonds is 3. The molecule has 1 aliphatic heterocycles. The van der Waals surface area contributed by atoms with E-state index < -0.39 is 5.60 Å². The van der Waals surface area contributed by atoms with Crippen molar-refractivity contribution in [2.24, 2.45) is 0 Å². The second-order valence-electron chi connectivity index (χ2n) is 5.85. The minimum absolute atomic E-state index is 0.211. The van der Waals surface area contributed by atoms with E-state index in [0.29, 0.717) is 13.0 Å². The number of benzene rings is 1. The summed E-state index contributed by atoms with van der Waals surface area (Å²) in [7, 11) is 0. The molecular weight excluding hydrogens is 245 g/mol. The molecular formula is C15H20FNO2. The molecule has 3 nitrogen and oxygen atoms in total. The molecule has 1 aromatic carbocycles. The predicted octanol–water partition coefficient (Wildman–Crippen LogP) is 2.92. The molecule has 0 N–H and O–H groups in total. The molecule has 0 fully saturated rings. The number of carbonyl (C=O) groups is 1. The summed E-state index contributed by atoms with van der Waals surface area (Å²) in [5, 5.41) is 0. The normalized spacial score (nSPS) is 14.4. The third kappa shape index (κ3) is 3.69. The Bertz CT molecular complexity index is 480. The molecule has 0 aromatic heterocycles. The topological polar surface area (TPSA) is 29.5 Å². The van der Waals surface area contributed by atoms with Crippen LogP contribution in [0.3, 0.4) is 0 Å². The van der Waals surface area contributed by atoms with Gasteiger partial charge in [0.2, 0.25) is 0 Å². The lowest BCUT2D eigenvalue weighted by Crippen LogP contribution is -2.28. The Balaban J connectivity index is 1.93. The van der Waals surface area contributed by atoms with Crippen molar-refractivity contribution in [2.75, 3.05) is 18.0 Å². The van der Waals surface area contributed by atoms with E-state index in [2.05, 4.69) is 0 Å². The second kappa shape index (κ2) is 5.19. The Kier molecular flexibility index (Phi) is 3.78. The summed E-state index contributed by atoms with van der Waals surface area (Å²) >= 11 is 0. The first-order chi connectivity index (χ1) is 8.85. The summed E-state index contributed by atoms with van der Waals surface area (Å²) in [6.07, 6.45) is 1.23. The first kappa shape index (κ1) is 13.8. The van der Waals surface area contributed by atoms with E-state index in [4.69, 9.17) is 4.74 Å². The number of hydrogen-bond donors (Lipinski definition) is 0. The highest BCUT2D eigenvalue weighted by Crippen LogP contribution is 2.28. The van der Waals surface area contributed by atoms with Crippen LogP contribution in [0.2, 0.25) is 0 Å². The maximum Gasteiger partial charge on any atom is 0.308 e. The van der Waals surface area contributed by atoms with Gasteiger partial charge in [0.25, 0.3) is 0 Å². The van der Waals surface area contributed by atoms with Crippen molar-refractivity contribution in [2.45, 2.75) is 39.2 Å². The van der Waals surface area contributed by atoms with Crippen molar-refractivity contribution in [1.29, 1.82) is 0 Å². The molecule has 0 amide bonds. The highest BCUT2D eigenvalue weighted by molar-refractivity contribution is 5.71. The van der Waals surface area contributed by atoms with Gasteiger partial charge in [0.05, 0.1) is 6.42 Å². The number of hydrogen-bond acceptors (Lipinski definition) is 3. The van der Waals surface area contributed by atoms with Crippen LogP contribution in [0.1, 0.15) is 32.8 Å². The van der Waals surface area contributed by atoms with Gasteiger partial charge in [-0.15, -0.1) is 0 Å². The van der Waals surface area contributed by atoms with Crippen molar-refractivity contribution in [3.05, 3.63) is 29.6 Å². The summed E-state index contributed by atoms with van der Waals surface area (Å²) in [4.78, 5) is 13.7.